The Labute approximate surface area is 117 Å². The van der Waals surface area contributed by atoms with Crippen LogP contribution in [0.2, 0.25) is 0 Å². The number of nitrogens with zero attached hydrogens (tertiary/aromatic N) is 1. The van der Waals surface area contributed by atoms with Crippen LogP contribution in [0.1, 0.15) is 23.7 Å². The van der Waals surface area contributed by atoms with Gasteiger partial charge in [-0.15, -0.1) is 0 Å². The van der Waals surface area contributed by atoms with E-state index in [9.17, 15) is 18.6 Å². The minimum atomic E-state index is -1.50. The molecular weight excluding hydrogens is 282 g/mol. The van der Waals surface area contributed by atoms with E-state index in [0.29, 0.717) is 16.1 Å². The van der Waals surface area contributed by atoms with Crippen LogP contribution in [0.15, 0.2) is 23.1 Å². The molecule has 1 unspecified atom stereocenters. The Balaban J connectivity index is 2.41. The molecule has 2 rings (SSSR count). The molecule has 1 amide bonds. The van der Waals surface area contributed by atoms with Crippen LogP contribution in [-0.2, 0) is 20.4 Å². The second kappa shape index (κ2) is 5.54. The summed E-state index contributed by atoms with van der Waals surface area (Å²) in [7, 11) is -1.50. The Bertz CT molecular complexity index is 625. The van der Waals surface area contributed by atoms with Gasteiger partial charge in [0.25, 0.3) is 0 Å². The van der Waals surface area contributed by atoms with Crippen molar-refractivity contribution in [2.45, 2.75) is 18.2 Å². The Morgan fingerprint density at radius 2 is 2.10 bits per heavy atom. The number of hydrogen-bond donors (Lipinski definition) is 1. The number of carboxylic acid groups (broad SMARTS) is 1. The Morgan fingerprint density at radius 3 is 2.70 bits per heavy atom. The summed E-state index contributed by atoms with van der Waals surface area (Å²) in [5, 5.41) is 8.70. The maximum absolute atomic E-state index is 12.0. The third-order valence-corrected chi connectivity index (χ3v) is 4.33. The van der Waals surface area contributed by atoms with Gasteiger partial charge in [0.05, 0.1) is 27.8 Å². The van der Waals surface area contributed by atoms with E-state index in [1.54, 1.807) is 12.1 Å². The molecule has 1 N–H and O–H groups in total. The number of amides is 1. The van der Waals surface area contributed by atoms with E-state index >= 15 is 0 Å². The molecule has 0 saturated carbocycles. The highest BCUT2D eigenvalue weighted by atomic mass is 32.2. The summed E-state index contributed by atoms with van der Waals surface area (Å²) in [4.78, 5) is 35.6. The van der Waals surface area contributed by atoms with Crippen molar-refractivity contribution in [3.63, 3.8) is 0 Å². The third-order valence-electron chi connectivity index (χ3n) is 3.01. The zero-order chi connectivity index (χ0) is 14.9. The van der Waals surface area contributed by atoms with Crippen LogP contribution in [0.4, 0.5) is 5.69 Å². The highest BCUT2D eigenvalue weighted by Gasteiger charge is 2.29. The molecule has 0 aliphatic carbocycles. The van der Waals surface area contributed by atoms with Gasteiger partial charge in [-0.05, 0) is 25.1 Å². The Morgan fingerprint density at radius 1 is 1.40 bits per heavy atom. The molecule has 0 aromatic heterocycles. The first-order valence-electron chi connectivity index (χ1n) is 5.95. The molecule has 20 heavy (non-hydrogen) atoms. The summed E-state index contributed by atoms with van der Waals surface area (Å²) in [6.45, 7) is 1.43. The highest BCUT2D eigenvalue weighted by Crippen LogP contribution is 2.30. The van der Waals surface area contributed by atoms with E-state index < -0.39 is 16.8 Å². The van der Waals surface area contributed by atoms with Crippen LogP contribution >= 0.6 is 0 Å². The van der Waals surface area contributed by atoms with E-state index in [-0.39, 0.29) is 30.4 Å². The first-order valence-corrected chi connectivity index (χ1v) is 7.27. The van der Waals surface area contributed by atoms with Crippen LogP contribution in [0.5, 0.6) is 0 Å². The summed E-state index contributed by atoms with van der Waals surface area (Å²) in [5.74, 6) is -1.72. The summed E-state index contributed by atoms with van der Waals surface area (Å²) < 4.78 is 12.0. The summed E-state index contributed by atoms with van der Waals surface area (Å²) in [6.07, 6.45) is -0.188. The lowest BCUT2D eigenvalue weighted by atomic mass is 10.1. The van der Waals surface area contributed by atoms with Gasteiger partial charge in [0.2, 0.25) is 5.91 Å². The van der Waals surface area contributed by atoms with E-state index in [4.69, 9.17) is 5.11 Å². The zero-order valence-electron chi connectivity index (χ0n) is 10.8. The van der Waals surface area contributed by atoms with Gasteiger partial charge < -0.3 is 10.0 Å². The molecule has 106 valence electrons. The van der Waals surface area contributed by atoms with Crippen LogP contribution < -0.4 is 4.90 Å². The number of hydrogen-bond acceptors (Lipinski definition) is 4. The number of ketones is 1. The molecule has 0 radical (unpaired) electrons. The van der Waals surface area contributed by atoms with Gasteiger partial charge >= 0.3 is 5.97 Å². The SMILES string of the molecule is CC(=O)c1ccc2c(c1)S(=O)CC(=O)N2CCC(=O)O. The molecule has 0 bridgehead atoms. The molecule has 1 heterocycles. The van der Waals surface area contributed by atoms with Crippen LogP contribution in [0, 0.1) is 0 Å². The molecular formula is C13H13NO5S. The second-order valence-electron chi connectivity index (χ2n) is 4.42. The van der Waals surface area contributed by atoms with Gasteiger partial charge in [-0.3, -0.25) is 18.6 Å². The fourth-order valence-corrected chi connectivity index (χ4v) is 3.20. The number of aliphatic carboxylic acids is 1. The maximum Gasteiger partial charge on any atom is 0.305 e. The number of carboxylic acids is 1. The topological polar surface area (TPSA) is 91.8 Å². The van der Waals surface area contributed by atoms with E-state index in [1.807, 2.05) is 0 Å². The van der Waals surface area contributed by atoms with E-state index in [0.717, 1.165) is 0 Å². The van der Waals surface area contributed by atoms with Crippen molar-refractivity contribution >= 4 is 34.1 Å². The fourth-order valence-electron chi connectivity index (χ4n) is 1.99. The molecule has 1 aromatic carbocycles. The first-order chi connectivity index (χ1) is 9.40. The van der Waals surface area contributed by atoms with Crippen LogP contribution in [-0.4, -0.2) is 39.3 Å². The monoisotopic (exact) mass is 295 g/mol. The third kappa shape index (κ3) is 2.77. The Kier molecular flexibility index (Phi) is 3.99. The number of Topliss-reactive ketones (excluding diaryl/α,β-unsaturated/α-hetero) is 1. The number of benzene rings is 1. The maximum atomic E-state index is 12.0. The van der Waals surface area contributed by atoms with Gasteiger partial charge in [-0.1, -0.05) is 0 Å². The van der Waals surface area contributed by atoms with Crippen LogP contribution in [0.3, 0.4) is 0 Å². The van der Waals surface area contributed by atoms with Gasteiger partial charge in [0.15, 0.2) is 5.78 Å². The summed E-state index contributed by atoms with van der Waals surface area (Å²) in [6, 6.07) is 4.60. The highest BCUT2D eigenvalue weighted by molar-refractivity contribution is 7.86. The second-order valence-corrected chi connectivity index (χ2v) is 5.84. The molecule has 1 aliphatic heterocycles. The predicted molar refractivity (Wildman–Crippen MR) is 72.3 cm³/mol. The van der Waals surface area contributed by atoms with Crippen molar-refractivity contribution < 1.29 is 23.7 Å². The van der Waals surface area contributed by atoms with Crippen molar-refractivity contribution in [3.05, 3.63) is 23.8 Å². The molecule has 1 aromatic rings. The molecule has 1 aliphatic rings. The molecule has 0 fully saturated rings. The number of carbonyl (C=O) groups excluding carboxylic acids is 2. The number of rotatable bonds is 4. The summed E-state index contributed by atoms with van der Waals surface area (Å²) >= 11 is 0. The minimum Gasteiger partial charge on any atom is -0.481 e. The van der Waals surface area contributed by atoms with Gasteiger partial charge in [-0.2, -0.15) is 0 Å². The first kappa shape index (κ1) is 14.4. The lowest BCUT2D eigenvalue weighted by Crippen LogP contribution is -2.40. The lowest BCUT2D eigenvalue weighted by Gasteiger charge is -2.28. The van der Waals surface area contributed by atoms with Crippen molar-refractivity contribution in [2.75, 3.05) is 17.2 Å². The van der Waals surface area contributed by atoms with Crippen LogP contribution in [0.25, 0.3) is 0 Å². The van der Waals surface area contributed by atoms with Crippen molar-refractivity contribution in [2.24, 2.45) is 0 Å². The standard InChI is InChI=1S/C13H13NO5S/c1-8(15)9-2-3-10-11(6-9)20(19)7-12(16)14(10)5-4-13(17)18/h2-3,6H,4-5,7H2,1H3,(H,17,18). The van der Waals surface area contributed by atoms with Gasteiger partial charge in [-0.25, -0.2) is 0 Å². The average molecular weight is 295 g/mol. The van der Waals surface area contributed by atoms with Gasteiger partial charge in [0, 0.05) is 12.1 Å². The van der Waals surface area contributed by atoms with E-state index in [1.165, 1.54) is 17.9 Å². The zero-order valence-corrected chi connectivity index (χ0v) is 11.6. The lowest BCUT2D eigenvalue weighted by molar-refractivity contribution is -0.136. The fraction of sp³-hybridized carbons (Fsp3) is 0.308. The predicted octanol–water partition coefficient (Wildman–Crippen LogP) is 0.818. The minimum absolute atomic E-state index is 0.0256. The molecule has 7 heteroatoms. The average Bonchev–Trinajstić information content (AvgIpc) is 2.37. The van der Waals surface area contributed by atoms with Crippen molar-refractivity contribution in [1.29, 1.82) is 0 Å². The normalized spacial score (nSPS) is 17.8. The molecule has 1 atom stereocenters. The largest absolute Gasteiger partial charge is 0.481 e. The molecule has 0 saturated heterocycles. The smallest absolute Gasteiger partial charge is 0.305 e. The number of carbonyl (C=O) groups is 3. The molecule has 0 spiro atoms. The van der Waals surface area contributed by atoms with Gasteiger partial charge in [0.1, 0.15) is 5.75 Å². The quantitative estimate of drug-likeness (QED) is 0.830. The number of anilines is 1. The molecule has 6 nitrogen and oxygen atoms in total. The number of fused-ring (bicyclic) bond motifs is 1. The van der Waals surface area contributed by atoms with E-state index in [2.05, 4.69) is 0 Å². The summed E-state index contributed by atoms with van der Waals surface area (Å²) in [5.41, 5.74) is 0.843. The Hall–Kier alpha value is -2.02. The van der Waals surface area contributed by atoms with Crippen molar-refractivity contribution in [1.82, 2.24) is 0 Å². The van der Waals surface area contributed by atoms with Crippen molar-refractivity contribution in [3.8, 4) is 0 Å².